The Morgan fingerprint density at radius 2 is 1.54 bits per heavy atom. The van der Waals surface area contributed by atoms with Crippen molar-refractivity contribution in [2.45, 2.75) is 59.8 Å². The number of hydrogen-bond donors (Lipinski definition) is 1. The van der Waals surface area contributed by atoms with E-state index < -0.39 is 0 Å². The first-order valence-corrected chi connectivity index (χ1v) is 10.3. The molecule has 28 heavy (non-hydrogen) atoms. The Kier molecular flexibility index (Phi) is 6.18. The molecular formula is C26H32N2. The van der Waals surface area contributed by atoms with Crippen molar-refractivity contribution >= 4 is 17.5 Å². The maximum absolute atomic E-state index is 4.65. The molecule has 0 bridgehead atoms. The lowest BCUT2D eigenvalue weighted by atomic mass is 9.93. The van der Waals surface area contributed by atoms with E-state index in [0.29, 0.717) is 11.8 Å². The summed E-state index contributed by atoms with van der Waals surface area (Å²) in [6.45, 7) is 13.3. The number of rotatable bonds is 6. The fourth-order valence-corrected chi connectivity index (χ4v) is 3.78. The molecule has 2 heteroatoms. The van der Waals surface area contributed by atoms with Gasteiger partial charge in [0, 0.05) is 5.56 Å². The predicted molar refractivity (Wildman–Crippen MR) is 123 cm³/mol. The summed E-state index contributed by atoms with van der Waals surface area (Å²) in [7, 11) is 0. The molecule has 0 heterocycles. The number of hydrazone groups is 1. The van der Waals surface area contributed by atoms with Crippen molar-refractivity contribution in [1.82, 2.24) is 0 Å². The van der Waals surface area contributed by atoms with Crippen LogP contribution in [0.25, 0.3) is 5.57 Å². The summed E-state index contributed by atoms with van der Waals surface area (Å²) < 4.78 is 0. The van der Waals surface area contributed by atoms with Gasteiger partial charge in [0.1, 0.15) is 0 Å². The van der Waals surface area contributed by atoms with Gasteiger partial charge in [0.2, 0.25) is 0 Å². The first-order valence-electron chi connectivity index (χ1n) is 10.3. The van der Waals surface area contributed by atoms with Crippen molar-refractivity contribution in [1.29, 1.82) is 0 Å². The average molecular weight is 373 g/mol. The number of allylic oxidation sites excluding steroid dienone is 4. The van der Waals surface area contributed by atoms with Gasteiger partial charge in [-0.3, -0.25) is 5.43 Å². The van der Waals surface area contributed by atoms with E-state index in [1.165, 1.54) is 33.4 Å². The van der Waals surface area contributed by atoms with Crippen LogP contribution in [-0.4, -0.2) is 6.21 Å². The molecule has 2 nitrogen and oxygen atoms in total. The Morgan fingerprint density at radius 1 is 0.893 bits per heavy atom. The molecule has 0 fully saturated rings. The zero-order valence-electron chi connectivity index (χ0n) is 18.0. The van der Waals surface area contributed by atoms with Crippen LogP contribution in [-0.2, 0) is 0 Å². The van der Waals surface area contributed by atoms with Gasteiger partial charge < -0.3 is 0 Å². The monoisotopic (exact) mass is 372 g/mol. The molecule has 0 spiro atoms. The van der Waals surface area contributed by atoms with Crippen LogP contribution in [0.5, 0.6) is 0 Å². The maximum Gasteiger partial charge on any atom is 0.0630 e. The summed E-state index contributed by atoms with van der Waals surface area (Å²) in [6, 6.07) is 15.1. The third-order valence-corrected chi connectivity index (χ3v) is 5.58. The highest BCUT2D eigenvalue weighted by atomic mass is 15.3. The van der Waals surface area contributed by atoms with E-state index in [9.17, 15) is 0 Å². The van der Waals surface area contributed by atoms with Gasteiger partial charge >= 0.3 is 0 Å². The van der Waals surface area contributed by atoms with Gasteiger partial charge in [-0.15, -0.1) is 0 Å². The van der Waals surface area contributed by atoms with Crippen LogP contribution in [0.1, 0.15) is 82.1 Å². The van der Waals surface area contributed by atoms with Gasteiger partial charge in [0.25, 0.3) is 0 Å². The lowest BCUT2D eigenvalue weighted by Gasteiger charge is -2.18. The van der Waals surface area contributed by atoms with Crippen molar-refractivity contribution in [3.63, 3.8) is 0 Å². The highest BCUT2D eigenvalue weighted by molar-refractivity contribution is 5.90. The second-order valence-electron chi connectivity index (χ2n) is 8.39. The van der Waals surface area contributed by atoms with Gasteiger partial charge in [-0.25, -0.2) is 0 Å². The van der Waals surface area contributed by atoms with Gasteiger partial charge in [0.15, 0.2) is 0 Å². The number of anilines is 1. The Balaban J connectivity index is 1.89. The molecule has 0 aliphatic heterocycles. The fraction of sp³-hybridized carbons (Fsp3) is 0.346. The van der Waals surface area contributed by atoms with Crippen molar-refractivity contribution < 1.29 is 0 Å². The molecule has 1 aliphatic carbocycles. The van der Waals surface area contributed by atoms with Crippen molar-refractivity contribution in [3.05, 3.63) is 81.9 Å². The summed E-state index contributed by atoms with van der Waals surface area (Å²) in [5.74, 6) is 0.897. The zero-order chi connectivity index (χ0) is 20.3. The quantitative estimate of drug-likeness (QED) is 0.412. The standard InChI is InChI=1S/C26H32N2/c1-17(2)23-12-9-13-24(18(3)4)26(23)28-27-16-21-10-7-8-11-25(21)22-14-19(5)20(6)15-22/h7-14,16-18,28H,15H2,1-6H3/b27-16+. The Morgan fingerprint density at radius 3 is 2.11 bits per heavy atom. The molecule has 0 amide bonds. The maximum atomic E-state index is 4.65. The van der Waals surface area contributed by atoms with E-state index in [4.69, 9.17) is 0 Å². The first-order chi connectivity index (χ1) is 13.4. The average Bonchev–Trinajstić information content (AvgIpc) is 3.00. The van der Waals surface area contributed by atoms with Crippen LogP contribution in [0.4, 0.5) is 5.69 Å². The molecule has 0 saturated carbocycles. The summed E-state index contributed by atoms with van der Waals surface area (Å²) in [5, 5.41) is 4.65. The first kappa shape index (κ1) is 20.1. The summed E-state index contributed by atoms with van der Waals surface area (Å²) in [4.78, 5) is 0. The minimum atomic E-state index is 0.448. The lowest BCUT2D eigenvalue weighted by molar-refractivity contribution is 0.835. The number of para-hydroxylation sites is 1. The SMILES string of the molecule is CC1=C(C)CC(c2ccccc2/C=N/Nc2c(C(C)C)cccc2C(C)C)=C1. The molecule has 0 aromatic heterocycles. The molecular weight excluding hydrogens is 340 g/mol. The van der Waals surface area contributed by atoms with Crippen LogP contribution in [0.2, 0.25) is 0 Å². The Bertz CT molecular complexity index is 916. The fourth-order valence-electron chi connectivity index (χ4n) is 3.78. The van der Waals surface area contributed by atoms with Gasteiger partial charge in [-0.1, -0.05) is 87.4 Å². The van der Waals surface area contributed by atoms with Gasteiger partial charge in [-0.2, -0.15) is 5.10 Å². The molecule has 0 radical (unpaired) electrons. The summed E-state index contributed by atoms with van der Waals surface area (Å²) >= 11 is 0. The largest absolute Gasteiger partial charge is 0.278 e. The highest BCUT2D eigenvalue weighted by Gasteiger charge is 2.15. The Hall–Kier alpha value is -2.61. The highest BCUT2D eigenvalue weighted by Crippen LogP contribution is 2.34. The van der Waals surface area contributed by atoms with Crippen LogP contribution >= 0.6 is 0 Å². The molecule has 0 saturated heterocycles. The topological polar surface area (TPSA) is 24.4 Å². The normalized spacial score (nSPS) is 14.5. The van der Waals surface area contributed by atoms with Gasteiger partial charge in [-0.05, 0) is 54.4 Å². The summed E-state index contributed by atoms with van der Waals surface area (Å²) in [6.07, 6.45) is 5.29. The molecule has 1 aliphatic rings. The van der Waals surface area contributed by atoms with Crippen molar-refractivity contribution in [3.8, 4) is 0 Å². The van der Waals surface area contributed by atoms with E-state index >= 15 is 0 Å². The van der Waals surface area contributed by atoms with E-state index in [0.717, 1.165) is 17.7 Å². The lowest BCUT2D eigenvalue weighted by Crippen LogP contribution is -2.04. The molecule has 1 N–H and O–H groups in total. The predicted octanol–water partition coefficient (Wildman–Crippen LogP) is 7.50. The smallest absolute Gasteiger partial charge is 0.0630 e. The van der Waals surface area contributed by atoms with Crippen LogP contribution in [0.15, 0.2) is 64.8 Å². The van der Waals surface area contributed by atoms with Crippen LogP contribution < -0.4 is 5.43 Å². The minimum Gasteiger partial charge on any atom is -0.278 e. The van der Waals surface area contributed by atoms with Crippen molar-refractivity contribution in [2.24, 2.45) is 5.10 Å². The van der Waals surface area contributed by atoms with E-state index in [2.05, 4.69) is 101 Å². The third-order valence-electron chi connectivity index (χ3n) is 5.58. The molecule has 146 valence electrons. The van der Waals surface area contributed by atoms with E-state index in [-0.39, 0.29) is 0 Å². The molecule has 0 atom stereocenters. The van der Waals surface area contributed by atoms with Crippen molar-refractivity contribution in [2.75, 3.05) is 5.43 Å². The Labute approximate surface area is 170 Å². The van der Waals surface area contributed by atoms with E-state index in [1.54, 1.807) is 0 Å². The number of benzene rings is 2. The zero-order valence-corrected chi connectivity index (χ0v) is 18.0. The minimum absolute atomic E-state index is 0.448. The second-order valence-corrected chi connectivity index (χ2v) is 8.39. The molecule has 2 aromatic rings. The molecule has 0 unspecified atom stereocenters. The van der Waals surface area contributed by atoms with E-state index in [1.807, 2.05) is 6.21 Å². The van der Waals surface area contributed by atoms with Gasteiger partial charge in [0.05, 0.1) is 11.9 Å². The summed E-state index contributed by atoms with van der Waals surface area (Å²) in [5.41, 5.74) is 13.8. The number of hydrogen-bond acceptors (Lipinski definition) is 2. The molecule has 2 aromatic carbocycles. The number of nitrogens with zero attached hydrogens (tertiary/aromatic N) is 1. The van der Waals surface area contributed by atoms with Crippen LogP contribution in [0.3, 0.4) is 0 Å². The third kappa shape index (κ3) is 4.27. The number of nitrogens with one attached hydrogen (secondary N) is 1. The second kappa shape index (κ2) is 8.60. The molecule has 3 rings (SSSR count). The van der Waals surface area contributed by atoms with Crippen LogP contribution in [0, 0.1) is 0 Å².